The molecule has 1 unspecified atom stereocenters. The molecule has 8 nitrogen and oxygen atoms in total. The van der Waals surface area contributed by atoms with Crippen LogP contribution in [0.4, 0.5) is 0 Å². The number of Topliss-reactive ketones (excluding diaryl/α,β-unsaturated/α-hetero) is 1. The number of likely N-dealkylation sites (tertiary alicyclic amines) is 1. The first kappa shape index (κ1) is 21.7. The highest BCUT2D eigenvalue weighted by molar-refractivity contribution is 6.46. The minimum Gasteiger partial charge on any atom is -0.507 e. The normalized spacial score (nSPS) is 19.1. The number of hydrogen-bond acceptors (Lipinski definition) is 7. The third-order valence-corrected chi connectivity index (χ3v) is 5.62. The van der Waals surface area contributed by atoms with Crippen LogP contribution in [0.3, 0.4) is 0 Å². The number of benzene rings is 2. The molecule has 32 heavy (non-hydrogen) atoms. The van der Waals surface area contributed by atoms with E-state index in [-0.39, 0.29) is 18.1 Å². The van der Waals surface area contributed by atoms with Crippen molar-refractivity contribution in [1.29, 1.82) is 0 Å². The Kier molecular flexibility index (Phi) is 6.05. The maximum atomic E-state index is 13.1. The van der Waals surface area contributed by atoms with Crippen molar-refractivity contribution in [2.75, 3.05) is 41.1 Å². The van der Waals surface area contributed by atoms with Crippen LogP contribution in [0.25, 0.3) is 5.76 Å². The Balaban J connectivity index is 1.82. The Hall–Kier alpha value is -3.52. The maximum absolute atomic E-state index is 13.1. The highest BCUT2D eigenvalue weighted by atomic mass is 16.7. The van der Waals surface area contributed by atoms with E-state index in [4.69, 9.17) is 14.2 Å². The molecule has 2 aromatic carbocycles. The topological polar surface area (TPSA) is 88.5 Å². The van der Waals surface area contributed by atoms with Crippen LogP contribution in [-0.2, 0) is 9.59 Å². The van der Waals surface area contributed by atoms with Crippen molar-refractivity contribution < 1.29 is 28.9 Å². The quantitative estimate of drug-likeness (QED) is 0.404. The monoisotopic (exact) mass is 438 g/mol. The number of ketones is 1. The fourth-order valence-electron chi connectivity index (χ4n) is 4.08. The summed E-state index contributed by atoms with van der Waals surface area (Å²) >= 11 is 0. The van der Waals surface area contributed by atoms with E-state index in [1.54, 1.807) is 30.3 Å². The number of fused-ring (bicyclic) bond motifs is 1. The minimum atomic E-state index is -0.765. The molecule has 0 aliphatic carbocycles. The molecule has 8 heteroatoms. The summed E-state index contributed by atoms with van der Waals surface area (Å²) in [7, 11) is 5.44. The summed E-state index contributed by atoms with van der Waals surface area (Å²) in [6.07, 6.45) is 0.676. The second-order valence-electron chi connectivity index (χ2n) is 7.96. The predicted molar refractivity (Wildman–Crippen MR) is 118 cm³/mol. The van der Waals surface area contributed by atoms with Crippen LogP contribution in [0.2, 0.25) is 0 Å². The summed E-state index contributed by atoms with van der Waals surface area (Å²) in [5.74, 6) is -0.0424. The van der Waals surface area contributed by atoms with E-state index in [1.165, 1.54) is 12.0 Å². The van der Waals surface area contributed by atoms with Gasteiger partial charge in [0.15, 0.2) is 11.5 Å². The average Bonchev–Trinajstić information content (AvgIpc) is 3.36. The first-order valence-electron chi connectivity index (χ1n) is 10.4. The third-order valence-electron chi connectivity index (χ3n) is 5.62. The zero-order chi connectivity index (χ0) is 22.8. The number of para-hydroxylation sites is 1. The van der Waals surface area contributed by atoms with E-state index < -0.39 is 17.7 Å². The molecular weight excluding hydrogens is 412 g/mol. The lowest BCUT2D eigenvalue weighted by Crippen LogP contribution is -2.32. The number of aliphatic hydroxyl groups excluding tert-OH is 1. The molecule has 168 valence electrons. The second kappa shape index (κ2) is 8.92. The molecule has 2 aliphatic heterocycles. The van der Waals surface area contributed by atoms with Gasteiger partial charge in [-0.15, -0.1) is 0 Å². The van der Waals surface area contributed by atoms with Crippen molar-refractivity contribution in [2.45, 2.75) is 12.5 Å². The second-order valence-corrected chi connectivity index (χ2v) is 7.96. The zero-order valence-corrected chi connectivity index (χ0v) is 18.3. The van der Waals surface area contributed by atoms with Gasteiger partial charge >= 0.3 is 0 Å². The largest absolute Gasteiger partial charge is 0.507 e. The summed E-state index contributed by atoms with van der Waals surface area (Å²) in [5.41, 5.74) is 1.05. The van der Waals surface area contributed by atoms with E-state index >= 15 is 0 Å². The number of rotatable bonds is 7. The number of carbonyl (C=O) groups excluding carboxylic acids is 2. The molecule has 2 heterocycles. The minimum absolute atomic E-state index is 0.0308. The molecule has 1 atom stereocenters. The fraction of sp³-hybridized carbons (Fsp3) is 0.333. The molecule has 1 amide bonds. The van der Waals surface area contributed by atoms with Crippen molar-refractivity contribution in [3.63, 3.8) is 0 Å². The number of carbonyl (C=O) groups is 2. The van der Waals surface area contributed by atoms with Crippen LogP contribution in [0.5, 0.6) is 17.2 Å². The van der Waals surface area contributed by atoms with Crippen molar-refractivity contribution in [2.24, 2.45) is 0 Å². The Morgan fingerprint density at radius 3 is 2.66 bits per heavy atom. The van der Waals surface area contributed by atoms with Gasteiger partial charge in [0.25, 0.3) is 11.7 Å². The molecule has 0 saturated carbocycles. The van der Waals surface area contributed by atoms with Gasteiger partial charge in [-0.1, -0.05) is 18.2 Å². The lowest BCUT2D eigenvalue weighted by Gasteiger charge is -2.27. The number of ether oxygens (including phenoxy) is 3. The number of methoxy groups -OCH3 is 1. The maximum Gasteiger partial charge on any atom is 0.295 e. The standard InChI is InChI=1S/C24H26N2O6/c1-25(2)11-6-12-26-21(16-7-4-5-8-17(16)30-3)20(23(28)24(26)29)22(27)15-9-10-18-19(13-15)32-14-31-18/h4-5,7-10,13,21,27H,6,11-12,14H2,1-3H3/b22-20+. The summed E-state index contributed by atoms with van der Waals surface area (Å²) in [4.78, 5) is 29.7. The Morgan fingerprint density at radius 1 is 1.16 bits per heavy atom. The van der Waals surface area contributed by atoms with Crippen molar-refractivity contribution in [3.05, 3.63) is 59.2 Å². The van der Waals surface area contributed by atoms with Gasteiger partial charge in [0, 0.05) is 17.7 Å². The van der Waals surface area contributed by atoms with Crippen LogP contribution >= 0.6 is 0 Å². The van der Waals surface area contributed by atoms with Crippen LogP contribution < -0.4 is 14.2 Å². The molecule has 1 saturated heterocycles. The lowest BCUT2D eigenvalue weighted by molar-refractivity contribution is -0.140. The first-order chi connectivity index (χ1) is 15.4. The van der Waals surface area contributed by atoms with Crippen LogP contribution in [0, 0.1) is 0 Å². The number of aliphatic hydroxyl groups is 1. The molecule has 0 aromatic heterocycles. The van der Waals surface area contributed by atoms with Gasteiger partial charge in [0.05, 0.1) is 18.7 Å². The Labute approximate surface area is 186 Å². The van der Waals surface area contributed by atoms with Crippen molar-refractivity contribution in [3.8, 4) is 17.2 Å². The lowest BCUT2D eigenvalue weighted by atomic mass is 9.94. The highest BCUT2D eigenvalue weighted by Crippen LogP contribution is 2.43. The molecule has 1 N–H and O–H groups in total. The molecule has 0 radical (unpaired) electrons. The number of amides is 1. The molecule has 0 spiro atoms. The Morgan fingerprint density at radius 2 is 1.91 bits per heavy atom. The van der Waals surface area contributed by atoms with E-state index in [9.17, 15) is 14.7 Å². The first-order valence-corrected chi connectivity index (χ1v) is 10.4. The summed E-state index contributed by atoms with van der Waals surface area (Å²) < 4.78 is 16.2. The van der Waals surface area contributed by atoms with Crippen LogP contribution in [0.15, 0.2) is 48.0 Å². The van der Waals surface area contributed by atoms with E-state index in [0.717, 1.165) is 6.54 Å². The van der Waals surface area contributed by atoms with Crippen LogP contribution in [-0.4, -0.2) is 67.7 Å². The van der Waals surface area contributed by atoms with Gasteiger partial charge in [0.1, 0.15) is 11.5 Å². The molecule has 2 aromatic rings. The number of hydrogen-bond donors (Lipinski definition) is 1. The molecular formula is C24H26N2O6. The predicted octanol–water partition coefficient (Wildman–Crippen LogP) is 2.80. The SMILES string of the molecule is COc1ccccc1C1/C(=C(\O)c2ccc3c(c2)OCO3)C(=O)C(=O)N1CCCN(C)C. The van der Waals surface area contributed by atoms with E-state index in [1.807, 2.05) is 31.1 Å². The van der Waals surface area contributed by atoms with E-state index in [2.05, 4.69) is 0 Å². The number of nitrogens with zero attached hydrogens (tertiary/aromatic N) is 2. The molecule has 4 rings (SSSR count). The summed E-state index contributed by atoms with van der Waals surface area (Å²) in [6, 6.07) is 11.4. The van der Waals surface area contributed by atoms with Gasteiger partial charge in [-0.25, -0.2) is 0 Å². The summed E-state index contributed by atoms with van der Waals surface area (Å²) in [6.45, 7) is 1.21. The van der Waals surface area contributed by atoms with Gasteiger partial charge in [-0.3, -0.25) is 9.59 Å². The smallest absolute Gasteiger partial charge is 0.295 e. The molecule has 0 bridgehead atoms. The zero-order valence-electron chi connectivity index (χ0n) is 18.3. The Bertz CT molecular complexity index is 1080. The van der Waals surface area contributed by atoms with Gasteiger partial charge < -0.3 is 29.1 Å². The molecule has 1 fully saturated rings. The fourth-order valence-corrected chi connectivity index (χ4v) is 4.08. The molecule has 2 aliphatic rings. The van der Waals surface area contributed by atoms with Crippen molar-refractivity contribution >= 4 is 17.4 Å². The van der Waals surface area contributed by atoms with Gasteiger partial charge in [0.2, 0.25) is 6.79 Å². The summed E-state index contributed by atoms with van der Waals surface area (Å²) in [5, 5.41) is 11.2. The van der Waals surface area contributed by atoms with Gasteiger partial charge in [-0.05, 0) is 51.3 Å². The third kappa shape index (κ3) is 3.89. The van der Waals surface area contributed by atoms with Crippen molar-refractivity contribution in [1.82, 2.24) is 9.80 Å². The van der Waals surface area contributed by atoms with Crippen LogP contribution in [0.1, 0.15) is 23.6 Å². The average molecular weight is 438 g/mol. The highest BCUT2D eigenvalue weighted by Gasteiger charge is 2.46. The van der Waals surface area contributed by atoms with E-state index in [0.29, 0.717) is 41.3 Å². The van der Waals surface area contributed by atoms with Gasteiger partial charge in [-0.2, -0.15) is 0 Å².